The van der Waals surface area contributed by atoms with E-state index in [2.05, 4.69) is 10.1 Å². The Bertz CT molecular complexity index is 956. The van der Waals surface area contributed by atoms with Gasteiger partial charge in [-0.3, -0.25) is 4.98 Å². The number of hydrogen-bond acceptors (Lipinski definition) is 6. The summed E-state index contributed by atoms with van der Waals surface area (Å²) in [5.41, 5.74) is 2.02. The smallest absolute Gasteiger partial charge is 0.389 e. The molecule has 0 unspecified atom stereocenters. The SMILES string of the molecule is O=C(OCCCn1ccc([N+](=O)[O-])n1)c1cncc(-c2ccc(Cl)cc2)c1. The number of pyridine rings is 1. The van der Waals surface area contributed by atoms with Gasteiger partial charge in [-0.25, -0.2) is 4.79 Å². The molecule has 2 aromatic heterocycles. The zero-order chi connectivity index (χ0) is 19.2. The molecule has 0 radical (unpaired) electrons. The quantitative estimate of drug-likeness (QED) is 0.265. The van der Waals surface area contributed by atoms with Gasteiger partial charge in [-0.1, -0.05) is 23.7 Å². The Morgan fingerprint density at radius 3 is 2.67 bits per heavy atom. The molecule has 138 valence electrons. The van der Waals surface area contributed by atoms with Crippen LogP contribution in [0.25, 0.3) is 11.1 Å². The number of hydrogen-bond donors (Lipinski definition) is 0. The number of aryl methyl sites for hydroxylation is 1. The van der Waals surface area contributed by atoms with Crippen LogP contribution in [0.4, 0.5) is 5.82 Å². The second-order valence-corrected chi connectivity index (χ2v) is 6.09. The summed E-state index contributed by atoms with van der Waals surface area (Å²) in [6, 6.07) is 10.2. The van der Waals surface area contributed by atoms with Crippen LogP contribution in [0.1, 0.15) is 16.8 Å². The van der Waals surface area contributed by atoms with E-state index in [-0.39, 0.29) is 12.4 Å². The van der Waals surface area contributed by atoms with Crippen molar-refractivity contribution in [3.63, 3.8) is 0 Å². The van der Waals surface area contributed by atoms with Crippen LogP contribution in [0.2, 0.25) is 5.02 Å². The monoisotopic (exact) mass is 386 g/mol. The number of nitro groups is 1. The molecule has 9 heteroatoms. The third kappa shape index (κ3) is 4.89. The van der Waals surface area contributed by atoms with Gasteiger partial charge in [-0.05, 0) is 28.7 Å². The lowest BCUT2D eigenvalue weighted by Crippen LogP contribution is -2.09. The fourth-order valence-corrected chi connectivity index (χ4v) is 2.53. The fraction of sp³-hybridized carbons (Fsp3) is 0.167. The third-order valence-corrected chi connectivity index (χ3v) is 3.98. The van der Waals surface area contributed by atoms with Crippen LogP contribution in [0, 0.1) is 10.1 Å². The van der Waals surface area contributed by atoms with E-state index in [1.54, 1.807) is 24.4 Å². The van der Waals surface area contributed by atoms with E-state index >= 15 is 0 Å². The number of carbonyl (C=O) groups excluding carboxylic acids is 1. The summed E-state index contributed by atoms with van der Waals surface area (Å²) in [5.74, 6) is -0.693. The van der Waals surface area contributed by atoms with Crippen molar-refractivity contribution in [3.8, 4) is 11.1 Å². The average Bonchev–Trinajstić information content (AvgIpc) is 3.15. The lowest BCUT2D eigenvalue weighted by molar-refractivity contribution is -0.389. The van der Waals surface area contributed by atoms with Crippen LogP contribution in [-0.4, -0.2) is 32.3 Å². The van der Waals surface area contributed by atoms with Gasteiger partial charge in [-0.15, -0.1) is 0 Å². The number of nitrogens with zero attached hydrogens (tertiary/aromatic N) is 4. The van der Waals surface area contributed by atoms with E-state index < -0.39 is 10.9 Å². The van der Waals surface area contributed by atoms with Gasteiger partial charge in [0.25, 0.3) is 0 Å². The average molecular weight is 387 g/mol. The minimum atomic E-state index is -0.558. The molecule has 0 aliphatic rings. The predicted molar refractivity (Wildman–Crippen MR) is 98.5 cm³/mol. The Morgan fingerprint density at radius 2 is 1.96 bits per heavy atom. The van der Waals surface area contributed by atoms with Crippen molar-refractivity contribution in [2.24, 2.45) is 0 Å². The van der Waals surface area contributed by atoms with Gasteiger partial charge in [0.15, 0.2) is 0 Å². The van der Waals surface area contributed by atoms with Gasteiger partial charge in [0, 0.05) is 29.4 Å². The predicted octanol–water partition coefficient (Wildman–Crippen LogP) is 3.75. The third-order valence-electron chi connectivity index (χ3n) is 3.73. The van der Waals surface area contributed by atoms with E-state index in [0.717, 1.165) is 11.1 Å². The summed E-state index contributed by atoms with van der Waals surface area (Å²) in [4.78, 5) is 26.3. The van der Waals surface area contributed by atoms with Crippen molar-refractivity contribution in [2.45, 2.75) is 13.0 Å². The Labute approximate surface area is 159 Å². The lowest BCUT2D eigenvalue weighted by atomic mass is 10.1. The first-order chi connectivity index (χ1) is 13.0. The van der Waals surface area contributed by atoms with Gasteiger partial charge >= 0.3 is 11.8 Å². The van der Waals surface area contributed by atoms with E-state index in [1.165, 1.54) is 23.1 Å². The van der Waals surface area contributed by atoms with Crippen molar-refractivity contribution in [1.82, 2.24) is 14.8 Å². The van der Waals surface area contributed by atoms with E-state index in [0.29, 0.717) is 23.6 Å². The van der Waals surface area contributed by atoms with Crippen molar-refractivity contribution >= 4 is 23.4 Å². The number of carbonyl (C=O) groups is 1. The van der Waals surface area contributed by atoms with Gasteiger partial charge in [-0.2, -0.15) is 4.68 Å². The first-order valence-electron chi connectivity index (χ1n) is 8.09. The molecular weight excluding hydrogens is 372 g/mol. The second-order valence-electron chi connectivity index (χ2n) is 5.65. The Hall–Kier alpha value is -3.26. The number of ether oxygens (including phenoxy) is 1. The number of esters is 1. The zero-order valence-electron chi connectivity index (χ0n) is 14.1. The number of benzene rings is 1. The maximum Gasteiger partial charge on any atom is 0.389 e. The maximum absolute atomic E-state index is 12.2. The van der Waals surface area contributed by atoms with Crippen LogP contribution >= 0.6 is 11.6 Å². The molecule has 0 aliphatic carbocycles. The molecule has 0 spiro atoms. The van der Waals surface area contributed by atoms with Crippen molar-refractivity contribution < 1.29 is 14.5 Å². The lowest BCUT2D eigenvalue weighted by Gasteiger charge is -2.06. The highest BCUT2D eigenvalue weighted by atomic mass is 35.5. The molecule has 27 heavy (non-hydrogen) atoms. The minimum Gasteiger partial charge on any atom is -0.462 e. The molecule has 2 heterocycles. The van der Waals surface area contributed by atoms with Gasteiger partial charge in [0.1, 0.15) is 0 Å². The summed E-state index contributed by atoms with van der Waals surface area (Å²) in [6.45, 7) is 0.571. The summed E-state index contributed by atoms with van der Waals surface area (Å²) in [6.07, 6.45) is 5.09. The van der Waals surface area contributed by atoms with E-state index in [9.17, 15) is 14.9 Å². The van der Waals surface area contributed by atoms with Crippen LogP contribution in [0.5, 0.6) is 0 Å². The number of aromatic nitrogens is 3. The molecule has 8 nitrogen and oxygen atoms in total. The summed E-state index contributed by atoms with van der Waals surface area (Å²) in [7, 11) is 0. The van der Waals surface area contributed by atoms with Gasteiger partial charge in [0.05, 0.1) is 36.1 Å². The summed E-state index contributed by atoms with van der Waals surface area (Å²) < 4.78 is 6.68. The first kappa shape index (κ1) is 18.5. The molecule has 0 N–H and O–H groups in total. The van der Waals surface area contributed by atoms with Gasteiger partial charge in [0.2, 0.25) is 0 Å². The Kier molecular flexibility index (Phi) is 5.77. The first-order valence-corrected chi connectivity index (χ1v) is 8.47. The molecule has 0 saturated carbocycles. The molecule has 0 amide bonds. The summed E-state index contributed by atoms with van der Waals surface area (Å²) in [5, 5.41) is 15.0. The van der Waals surface area contributed by atoms with Crippen molar-refractivity contribution in [2.75, 3.05) is 6.61 Å². The number of halogens is 1. The molecule has 0 saturated heterocycles. The molecule has 3 rings (SSSR count). The minimum absolute atomic E-state index is 0.164. The van der Waals surface area contributed by atoms with Crippen molar-refractivity contribution in [1.29, 1.82) is 0 Å². The van der Waals surface area contributed by atoms with Crippen LogP contribution in [0.3, 0.4) is 0 Å². The largest absolute Gasteiger partial charge is 0.462 e. The van der Waals surface area contributed by atoms with Crippen LogP contribution in [-0.2, 0) is 11.3 Å². The highest BCUT2D eigenvalue weighted by Crippen LogP contribution is 2.21. The molecular formula is C18H15ClN4O4. The highest BCUT2D eigenvalue weighted by molar-refractivity contribution is 6.30. The second kappa shape index (κ2) is 8.41. The molecule has 0 bridgehead atoms. The molecule has 0 aliphatic heterocycles. The summed E-state index contributed by atoms with van der Waals surface area (Å²) >= 11 is 5.88. The van der Waals surface area contributed by atoms with Crippen LogP contribution < -0.4 is 0 Å². The van der Waals surface area contributed by atoms with Crippen LogP contribution in [0.15, 0.2) is 55.0 Å². The topological polar surface area (TPSA) is 100 Å². The molecule has 3 aromatic rings. The molecule has 0 fully saturated rings. The fourth-order valence-electron chi connectivity index (χ4n) is 2.40. The standard InChI is InChI=1S/C18H15ClN4O4/c19-16-4-2-13(3-5-16)14-10-15(12-20-11-14)18(24)27-9-1-7-22-8-6-17(21-22)23(25)26/h2-6,8,10-12H,1,7,9H2. The highest BCUT2D eigenvalue weighted by Gasteiger charge is 2.12. The Morgan fingerprint density at radius 1 is 1.19 bits per heavy atom. The molecule has 0 atom stereocenters. The van der Waals surface area contributed by atoms with E-state index in [4.69, 9.17) is 16.3 Å². The zero-order valence-corrected chi connectivity index (χ0v) is 14.9. The molecule has 1 aromatic carbocycles. The Balaban J connectivity index is 1.54. The van der Waals surface area contributed by atoms with Gasteiger partial charge < -0.3 is 14.9 Å². The normalized spacial score (nSPS) is 10.6. The van der Waals surface area contributed by atoms with E-state index in [1.807, 2.05) is 12.1 Å². The van der Waals surface area contributed by atoms with Crippen molar-refractivity contribution in [3.05, 3.63) is 75.7 Å². The number of rotatable bonds is 7. The maximum atomic E-state index is 12.2.